The molecule has 2 atom stereocenters. The Labute approximate surface area is 110 Å². The van der Waals surface area contributed by atoms with Crippen molar-refractivity contribution in [1.82, 2.24) is 14.7 Å². The van der Waals surface area contributed by atoms with E-state index in [0.717, 1.165) is 13.1 Å². The van der Waals surface area contributed by atoms with Gasteiger partial charge in [0, 0.05) is 24.8 Å². The summed E-state index contributed by atoms with van der Waals surface area (Å²) in [5.41, 5.74) is 7.35. The fourth-order valence-corrected chi connectivity index (χ4v) is 3.18. The quantitative estimate of drug-likeness (QED) is 0.888. The molecule has 1 aromatic heterocycles. The lowest BCUT2D eigenvalue weighted by Crippen LogP contribution is -2.36. The van der Waals surface area contributed by atoms with Crippen molar-refractivity contribution in [2.24, 2.45) is 18.7 Å². The summed E-state index contributed by atoms with van der Waals surface area (Å²) in [5, 5.41) is 4.33. The molecule has 1 saturated heterocycles. The van der Waals surface area contributed by atoms with Crippen LogP contribution in [-0.2, 0) is 7.05 Å². The zero-order valence-corrected chi connectivity index (χ0v) is 11.7. The lowest BCUT2D eigenvalue weighted by molar-refractivity contribution is 0.158. The average molecular weight is 250 g/mol. The van der Waals surface area contributed by atoms with Crippen molar-refractivity contribution in [1.29, 1.82) is 0 Å². The van der Waals surface area contributed by atoms with Crippen LogP contribution < -0.4 is 5.73 Å². The highest BCUT2D eigenvalue weighted by atomic mass is 15.3. The van der Waals surface area contributed by atoms with Crippen LogP contribution in [0.1, 0.15) is 44.2 Å². The number of likely N-dealkylation sites (tertiary alicyclic amines) is 1. The molecule has 0 aromatic carbocycles. The highest BCUT2D eigenvalue weighted by molar-refractivity contribution is 5.13. The van der Waals surface area contributed by atoms with Gasteiger partial charge in [0.05, 0.1) is 6.20 Å². The fourth-order valence-electron chi connectivity index (χ4n) is 3.18. The van der Waals surface area contributed by atoms with E-state index in [1.54, 1.807) is 0 Å². The van der Waals surface area contributed by atoms with Crippen molar-refractivity contribution in [3.8, 4) is 0 Å². The Morgan fingerprint density at radius 3 is 2.89 bits per heavy atom. The third-order valence-electron chi connectivity index (χ3n) is 3.99. The van der Waals surface area contributed by atoms with Gasteiger partial charge in [0.2, 0.25) is 0 Å². The Bertz CT molecular complexity index is 360. The molecule has 2 unspecified atom stereocenters. The van der Waals surface area contributed by atoms with Crippen LogP contribution in [0.3, 0.4) is 0 Å². The minimum Gasteiger partial charge on any atom is -0.330 e. The smallest absolute Gasteiger partial charge is 0.0537 e. The molecule has 0 amide bonds. The van der Waals surface area contributed by atoms with Crippen LogP contribution >= 0.6 is 0 Å². The van der Waals surface area contributed by atoms with Crippen LogP contribution in [0.25, 0.3) is 0 Å². The van der Waals surface area contributed by atoms with Crippen molar-refractivity contribution in [3.63, 3.8) is 0 Å². The van der Waals surface area contributed by atoms with Crippen LogP contribution in [-0.4, -0.2) is 34.3 Å². The first-order valence-electron chi connectivity index (χ1n) is 7.19. The summed E-state index contributed by atoms with van der Waals surface area (Å²) < 4.78 is 1.90. The molecule has 2 rings (SSSR count). The molecule has 0 radical (unpaired) electrons. The molecule has 102 valence electrons. The Balaban J connectivity index is 2.25. The molecule has 1 aliphatic heterocycles. The van der Waals surface area contributed by atoms with Crippen LogP contribution in [0.2, 0.25) is 0 Å². The normalized spacial score (nSPS) is 26.2. The second-order valence-electron chi connectivity index (χ2n) is 5.42. The van der Waals surface area contributed by atoms with Crippen LogP contribution in [0.15, 0.2) is 12.4 Å². The van der Waals surface area contributed by atoms with Crippen LogP contribution in [0.4, 0.5) is 0 Å². The van der Waals surface area contributed by atoms with E-state index in [9.17, 15) is 0 Å². The monoisotopic (exact) mass is 250 g/mol. The number of nitrogens with two attached hydrogens (primary N) is 1. The van der Waals surface area contributed by atoms with E-state index in [-0.39, 0.29) is 0 Å². The summed E-state index contributed by atoms with van der Waals surface area (Å²) in [6.45, 7) is 5.39. The molecular formula is C14H26N4. The molecule has 0 aliphatic carbocycles. The number of hydrogen-bond donors (Lipinski definition) is 1. The Kier molecular flexibility index (Phi) is 4.78. The van der Waals surface area contributed by atoms with Gasteiger partial charge in [-0.15, -0.1) is 0 Å². The largest absolute Gasteiger partial charge is 0.330 e. The molecule has 1 fully saturated rings. The number of aryl methyl sites for hydroxylation is 1. The van der Waals surface area contributed by atoms with Gasteiger partial charge in [-0.25, -0.2) is 0 Å². The highest BCUT2D eigenvalue weighted by Crippen LogP contribution is 2.34. The second-order valence-corrected chi connectivity index (χ2v) is 5.42. The minimum atomic E-state index is 0.464. The lowest BCUT2D eigenvalue weighted by atomic mass is 9.91. The van der Waals surface area contributed by atoms with Gasteiger partial charge in [-0.2, -0.15) is 5.10 Å². The van der Waals surface area contributed by atoms with Gasteiger partial charge in [-0.05, 0) is 44.8 Å². The lowest BCUT2D eigenvalue weighted by Gasteiger charge is -2.33. The molecule has 1 aliphatic rings. The minimum absolute atomic E-state index is 0.464. The summed E-state index contributed by atoms with van der Waals surface area (Å²) in [6.07, 6.45) is 9.22. The molecule has 1 aromatic rings. The van der Waals surface area contributed by atoms with E-state index in [0.29, 0.717) is 12.0 Å². The summed E-state index contributed by atoms with van der Waals surface area (Å²) in [5.74, 6) is 0.572. The molecule has 18 heavy (non-hydrogen) atoms. The summed E-state index contributed by atoms with van der Waals surface area (Å²) in [7, 11) is 1.99. The van der Waals surface area contributed by atoms with E-state index in [4.69, 9.17) is 5.73 Å². The third-order valence-corrected chi connectivity index (χ3v) is 3.99. The molecular weight excluding hydrogens is 224 g/mol. The summed E-state index contributed by atoms with van der Waals surface area (Å²) in [6, 6.07) is 0.464. The van der Waals surface area contributed by atoms with Gasteiger partial charge < -0.3 is 5.73 Å². The van der Waals surface area contributed by atoms with Gasteiger partial charge in [-0.1, -0.05) is 13.3 Å². The first kappa shape index (κ1) is 13.6. The van der Waals surface area contributed by atoms with Crippen molar-refractivity contribution in [2.45, 2.75) is 38.6 Å². The van der Waals surface area contributed by atoms with E-state index >= 15 is 0 Å². The second kappa shape index (κ2) is 6.34. The van der Waals surface area contributed by atoms with Crippen molar-refractivity contribution in [3.05, 3.63) is 18.0 Å². The highest BCUT2D eigenvalue weighted by Gasteiger charge is 2.30. The molecule has 4 nitrogen and oxygen atoms in total. The summed E-state index contributed by atoms with van der Waals surface area (Å²) >= 11 is 0. The number of aromatic nitrogens is 2. The molecule has 4 heteroatoms. The number of rotatable bonds is 4. The van der Waals surface area contributed by atoms with Gasteiger partial charge in [-0.3, -0.25) is 9.58 Å². The zero-order valence-electron chi connectivity index (χ0n) is 11.7. The maximum absolute atomic E-state index is 6.01. The number of hydrogen-bond acceptors (Lipinski definition) is 3. The molecule has 0 spiro atoms. The molecule has 0 saturated carbocycles. The number of nitrogens with zero attached hydrogens (tertiary/aromatic N) is 3. The van der Waals surface area contributed by atoms with Gasteiger partial charge in [0.25, 0.3) is 0 Å². The van der Waals surface area contributed by atoms with Crippen molar-refractivity contribution in [2.75, 3.05) is 19.6 Å². The maximum atomic E-state index is 6.01. The summed E-state index contributed by atoms with van der Waals surface area (Å²) in [4.78, 5) is 2.61. The van der Waals surface area contributed by atoms with E-state index in [1.807, 2.05) is 17.9 Å². The van der Waals surface area contributed by atoms with Crippen LogP contribution in [0.5, 0.6) is 0 Å². The Morgan fingerprint density at radius 1 is 1.44 bits per heavy atom. The Morgan fingerprint density at radius 2 is 2.28 bits per heavy atom. The van der Waals surface area contributed by atoms with Crippen LogP contribution in [0, 0.1) is 5.92 Å². The zero-order chi connectivity index (χ0) is 13.0. The molecule has 0 bridgehead atoms. The van der Waals surface area contributed by atoms with Gasteiger partial charge in [0.15, 0.2) is 0 Å². The van der Waals surface area contributed by atoms with E-state index in [1.165, 1.54) is 37.8 Å². The van der Waals surface area contributed by atoms with Gasteiger partial charge in [0.1, 0.15) is 0 Å². The van der Waals surface area contributed by atoms with Crippen molar-refractivity contribution >= 4 is 0 Å². The SMILES string of the molecule is CCCN1CCCCC(CN)C1c1cnn(C)c1. The van der Waals surface area contributed by atoms with Crippen molar-refractivity contribution < 1.29 is 0 Å². The molecule has 2 heterocycles. The predicted molar refractivity (Wildman–Crippen MR) is 74.2 cm³/mol. The third kappa shape index (κ3) is 2.93. The van der Waals surface area contributed by atoms with E-state index in [2.05, 4.69) is 23.1 Å². The Hall–Kier alpha value is -0.870. The van der Waals surface area contributed by atoms with E-state index < -0.39 is 0 Å². The predicted octanol–water partition coefficient (Wildman–Crippen LogP) is 1.93. The topological polar surface area (TPSA) is 47.1 Å². The molecule has 2 N–H and O–H groups in total. The van der Waals surface area contributed by atoms with Gasteiger partial charge >= 0.3 is 0 Å². The first-order valence-corrected chi connectivity index (χ1v) is 7.19. The first-order chi connectivity index (χ1) is 8.76. The average Bonchev–Trinajstić information content (AvgIpc) is 2.68. The fraction of sp³-hybridized carbons (Fsp3) is 0.786. The maximum Gasteiger partial charge on any atom is 0.0537 e. The standard InChI is InChI=1S/C14H26N4/c1-3-7-18-8-5-4-6-12(9-15)14(18)13-10-16-17(2)11-13/h10-12,14H,3-9,15H2,1-2H3.